The summed E-state index contributed by atoms with van der Waals surface area (Å²) in [5, 5.41) is 3.46. The number of rotatable bonds is 3. The number of anilines is 1. The van der Waals surface area contributed by atoms with Gasteiger partial charge in [0.1, 0.15) is 5.82 Å². The van der Waals surface area contributed by atoms with Crippen molar-refractivity contribution < 1.29 is 4.39 Å². The van der Waals surface area contributed by atoms with Crippen molar-refractivity contribution in [1.82, 2.24) is 0 Å². The minimum atomic E-state index is -0.384. The van der Waals surface area contributed by atoms with Crippen LogP contribution in [0.2, 0.25) is 5.02 Å². The molecule has 0 aliphatic rings. The molecule has 0 bridgehead atoms. The van der Waals surface area contributed by atoms with Crippen LogP contribution >= 0.6 is 11.6 Å². The molecule has 1 N–H and O–H groups in total. The van der Waals surface area contributed by atoms with Gasteiger partial charge in [-0.1, -0.05) is 50.6 Å². The highest BCUT2D eigenvalue weighted by Gasteiger charge is 2.12. The Morgan fingerprint density at radius 1 is 1.05 bits per heavy atom. The minimum Gasteiger partial charge on any atom is -0.381 e. The summed E-state index contributed by atoms with van der Waals surface area (Å²) in [5.41, 5.74) is 3.45. The van der Waals surface area contributed by atoms with Gasteiger partial charge in [0.05, 0.1) is 5.02 Å². The molecule has 2 aromatic rings. The normalized spacial score (nSPS) is 11.4. The van der Waals surface area contributed by atoms with Gasteiger partial charge in [0.2, 0.25) is 0 Å². The largest absolute Gasteiger partial charge is 0.381 e. The average Bonchev–Trinajstić information content (AvgIpc) is 2.40. The zero-order valence-electron chi connectivity index (χ0n) is 12.0. The highest BCUT2D eigenvalue weighted by molar-refractivity contribution is 6.30. The maximum absolute atomic E-state index is 13.1. The maximum atomic E-state index is 13.1. The Hall–Kier alpha value is -1.54. The van der Waals surface area contributed by atoms with Crippen LogP contribution in [0.1, 0.15) is 31.9 Å². The van der Waals surface area contributed by atoms with Crippen molar-refractivity contribution in [1.29, 1.82) is 0 Å². The van der Waals surface area contributed by atoms with E-state index in [1.165, 1.54) is 11.6 Å². The van der Waals surface area contributed by atoms with Gasteiger partial charge in [0, 0.05) is 12.2 Å². The molecule has 0 aromatic heterocycles. The first-order chi connectivity index (χ1) is 9.36. The number of nitrogens with one attached hydrogen (secondary N) is 1. The van der Waals surface area contributed by atoms with Crippen LogP contribution in [0.15, 0.2) is 42.5 Å². The minimum absolute atomic E-state index is 0.156. The molecule has 0 radical (unpaired) electrons. The van der Waals surface area contributed by atoms with Crippen molar-refractivity contribution in [3.63, 3.8) is 0 Å². The Labute approximate surface area is 124 Å². The van der Waals surface area contributed by atoms with Gasteiger partial charge < -0.3 is 5.32 Å². The van der Waals surface area contributed by atoms with Gasteiger partial charge in [-0.25, -0.2) is 4.39 Å². The summed E-state index contributed by atoms with van der Waals surface area (Å²) in [6.07, 6.45) is 0. The SMILES string of the molecule is CC(C)(C)c1ccc(NCc2ccc(F)c(Cl)c2)cc1. The van der Waals surface area contributed by atoms with Crippen molar-refractivity contribution in [3.05, 3.63) is 64.4 Å². The smallest absolute Gasteiger partial charge is 0.141 e. The lowest BCUT2D eigenvalue weighted by Crippen LogP contribution is -2.10. The van der Waals surface area contributed by atoms with Crippen molar-refractivity contribution in [3.8, 4) is 0 Å². The highest BCUT2D eigenvalue weighted by atomic mass is 35.5. The molecule has 0 heterocycles. The molecular formula is C17H19ClFN. The molecule has 106 valence electrons. The van der Waals surface area contributed by atoms with Gasteiger partial charge in [-0.05, 0) is 40.8 Å². The molecule has 3 heteroatoms. The Morgan fingerprint density at radius 2 is 1.70 bits per heavy atom. The van der Waals surface area contributed by atoms with Crippen molar-refractivity contribution >= 4 is 17.3 Å². The summed E-state index contributed by atoms with van der Waals surface area (Å²) in [7, 11) is 0. The highest BCUT2D eigenvalue weighted by Crippen LogP contribution is 2.24. The summed E-state index contributed by atoms with van der Waals surface area (Å²) in [4.78, 5) is 0. The Morgan fingerprint density at radius 3 is 2.25 bits per heavy atom. The topological polar surface area (TPSA) is 12.0 Å². The molecule has 0 spiro atoms. The van der Waals surface area contributed by atoms with E-state index < -0.39 is 0 Å². The predicted octanol–water partition coefficient (Wildman–Crippen LogP) is 5.39. The van der Waals surface area contributed by atoms with Gasteiger partial charge in [0.25, 0.3) is 0 Å². The maximum Gasteiger partial charge on any atom is 0.141 e. The van der Waals surface area contributed by atoms with E-state index in [0.29, 0.717) is 6.54 Å². The first kappa shape index (κ1) is 14.9. The van der Waals surface area contributed by atoms with Crippen LogP contribution in [0.5, 0.6) is 0 Å². The fourth-order valence-electron chi connectivity index (χ4n) is 1.94. The molecule has 0 fully saturated rings. The lowest BCUT2D eigenvalue weighted by Gasteiger charge is -2.19. The quantitative estimate of drug-likeness (QED) is 0.799. The molecular weight excluding hydrogens is 273 g/mol. The van der Waals surface area contributed by atoms with Crippen LogP contribution in [-0.4, -0.2) is 0 Å². The molecule has 0 amide bonds. The van der Waals surface area contributed by atoms with Crippen LogP contribution in [0.3, 0.4) is 0 Å². The third kappa shape index (κ3) is 3.73. The number of hydrogen-bond acceptors (Lipinski definition) is 1. The van der Waals surface area contributed by atoms with Gasteiger partial charge in [0.15, 0.2) is 0 Å². The van der Waals surface area contributed by atoms with Gasteiger partial charge in [-0.2, -0.15) is 0 Å². The van der Waals surface area contributed by atoms with Crippen LogP contribution in [0.25, 0.3) is 0 Å². The van der Waals surface area contributed by atoms with Gasteiger partial charge in [-0.3, -0.25) is 0 Å². The van der Waals surface area contributed by atoms with E-state index in [1.54, 1.807) is 12.1 Å². The van der Waals surface area contributed by atoms with Crippen LogP contribution in [-0.2, 0) is 12.0 Å². The van der Waals surface area contributed by atoms with Crippen molar-refractivity contribution in [2.24, 2.45) is 0 Å². The molecule has 0 aliphatic carbocycles. The standard InChI is InChI=1S/C17H19ClFN/c1-17(2,3)13-5-7-14(8-6-13)20-11-12-4-9-16(19)15(18)10-12/h4-10,20H,11H2,1-3H3. The number of hydrogen-bond donors (Lipinski definition) is 1. The lowest BCUT2D eigenvalue weighted by molar-refractivity contribution is 0.590. The molecule has 0 unspecified atom stereocenters. The first-order valence-electron chi connectivity index (χ1n) is 6.64. The van der Waals surface area contributed by atoms with Crippen LogP contribution in [0, 0.1) is 5.82 Å². The van der Waals surface area contributed by atoms with E-state index in [1.807, 2.05) is 0 Å². The monoisotopic (exact) mass is 291 g/mol. The molecule has 0 atom stereocenters. The molecule has 2 aromatic carbocycles. The molecule has 0 saturated heterocycles. The first-order valence-corrected chi connectivity index (χ1v) is 7.02. The van der Waals surface area contributed by atoms with E-state index in [2.05, 4.69) is 50.4 Å². The third-order valence-corrected chi connectivity index (χ3v) is 3.52. The number of benzene rings is 2. The second-order valence-electron chi connectivity index (χ2n) is 5.93. The van der Waals surface area contributed by atoms with Crippen LogP contribution in [0.4, 0.5) is 10.1 Å². The summed E-state index contributed by atoms with van der Waals surface area (Å²) < 4.78 is 13.1. The fraction of sp³-hybridized carbons (Fsp3) is 0.294. The van der Waals surface area contributed by atoms with E-state index in [-0.39, 0.29) is 16.3 Å². The summed E-state index contributed by atoms with van der Waals surface area (Å²) in [6.45, 7) is 7.19. The lowest BCUT2D eigenvalue weighted by atomic mass is 9.87. The zero-order valence-corrected chi connectivity index (χ0v) is 12.8. The predicted molar refractivity (Wildman–Crippen MR) is 83.9 cm³/mol. The summed E-state index contributed by atoms with van der Waals surface area (Å²) >= 11 is 5.76. The van der Waals surface area contributed by atoms with Gasteiger partial charge >= 0.3 is 0 Å². The van der Waals surface area contributed by atoms with Crippen molar-refractivity contribution in [2.75, 3.05) is 5.32 Å². The Bertz CT molecular complexity index is 585. The van der Waals surface area contributed by atoms with E-state index in [4.69, 9.17) is 11.6 Å². The molecule has 2 rings (SSSR count). The Balaban J connectivity index is 2.02. The van der Waals surface area contributed by atoms with Crippen molar-refractivity contribution in [2.45, 2.75) is 32.7 Å². The van der Waals surface area contributed by atoms with Crippen LogP contribution < -0.4 is 5.32 Å². The molecule has 0 aliphatic heterocycles. The molecule has 20 heavy (non-hydrogen) atoms. The second-order valence-corrected chi connectivity index (χ2v) is 6.34. The fourth-order valence-corrected chi connectivity index (χ4v) is 2.14. The zero-order chi connectivity index (χ0) is 14.8. The second kappa shape index (κ2) is 5.84. The van der Waals surface area contributed by atoms with E-state index >= 15 is 0 Å². The Kier molecular flexibility index (Phi) is 4.34. The molecule has 0 saturated carbocycles. The number of halogens is 2. The average molecular weight is 292 g/mol. The summed E-state index contributed by atoms with van der Waals surface area (Å²) in [5.74, 6) is -0.384. The van der Waals surface area contributed by atoms with Gasteiger partial charge in [-0.15, -0.1) is 0 Å². The molecule has 1 nitrogen and oxygen atoms in total. The van der Waals surface area contributed by atoms with E-state index in [9.17, 15) is 4.39 Å². The third-order valence-electron chi connectivity index (χ3n) is 3.23. The van der Waals surface area contributed by atoms with E-state index in [0.717, 1.165) is 11.3 Å². The summed E-state index contributed by atoms with van der Waals surface area (Å²) in [6, 6.07) is 13.1.